The fourth-order valence-electron chi connectivity index (χ4n) is 3.81. The van der Waals surface area contributed by atoms with Gasteiger partial charge < -0.3 is 9.64 Å². The molecule has 3 aromatic heterocycles. The Morgan fingerprint density at radius 2 is 2.06 bits per heavy atom. The topological polar surface area (TPSA) is 140 Å². The van der Waals surface area contributed by atoms with E-state index < -0.39 is 10.0 Å². The summed E-state index contributed by atoms with van der Waals surface area (Å²) in [7, 11) is -3.47. The van der Waals surface area contributed by atoms with Crippen LogP contribution in [0.25, 0.3) is 10.6 Å². The Morgan fingerprint density at radius 3 is 2.85 bits per heavy atom. The summed E-state index contributed by atoms with van der Waals surface area (Å²) in [6.07, 6.45) is 9.09. The summed E-state index contributed by atoms with van der Waals surface area (Å²) in [6.45, 7) is 2.91. The maximum Gasteiger partial charge on any atom is 0.283 e. The summed E-state index contributed by atoms with van der Waals surface area (Å²) < 4.78 is 32.4. The van der Waals surface area contributed by atoms with Crippen molar-refractivity contribution in [1.82, 2.24) is 29.8 Å². The molecule has 5 rings (SSSR count). The molecule has 11 nitrogen and oxygen atoms in total. The number of anilines is 1. The number of carbonyl (C=O) groups is 1. The first-order valence-corrected chi connectivity index (χ1v) is 13.4. The second kappa shape index (κ2) is 9.22. The van der Waals surface area contributed by atoms with E-state index in [1.807, 2.05) is 6.92 Å². The predicted molar refractivity (Wildman–Crippen MR) is 125 cm³/mol. The third-order valence-corrected chi connectivity index (χ3v) is 8.40. The largest absolute Gasteiger partial charge is 0.477 e. The van der Waals surface area contributed by atoms with Crippen LogP contribution in [-0.2, 0) is 10.0 Å². The highest BCUT2D eigenvalue weighted by atomic mass is 32.2. The van der Waals surface area contributed by atoms with Crippen LogP contribution >= 0.6 is 11.3 Å². The van der Waals surface area contributed by atoms with Gasteiger partial charge in [-0.3, -0.25) is 14.5 Å². The van der Waals surface area contributed by atoms with Crippen LogP contribution < -0.4 is 9.46 Å². The van der Waals surface area contributed by atoms with Crippen molar-refractivity contribution in [3.63, 3.8) is 0 Å². The Hall–Kier alpha value is -3.19. The molecule has 0 aromatic carbocycles. The van der Waals surface area contributed by atoms with Gasteiger partial charge in [0.2, 0.25) is 21.9 Å². The number of rotatable bonds is 8. The molecule has 2 aliphatic rings. The highest BCUT2D eigenvalue weighted by molar-refractivity contribution is 7.93. The molecule has 1 aliphatic carbocycles. The number of amides is 1. The van der Waals surface area contributed by atoms with Gasteiger partial charge in [0, 0.05) is 18.9 Å². The molecule has 2 fully saturated rings. The van der Waals surface area contributed by atoms with Crippen molar-refractivity contribution < 1.29 is 17.9 Å². The number of thiazole rings is 1. The van der Waals surface area contributed by atoms with Gasteiger partial charge >= 0.3 is 0 Å². The Morgan fingerprint density at radius 1 is 1.21 bits per heavy atom. The van der Waals surface area contributed by atoms with Gasteiger partial charge in [-0.25, -0.2) is 28.4 Å². The molecule has 13 heteroatoms. The zero-order chi connectivity index (χ0) is 23.7. The molecule has 178 valence electrons. The molecule has 0 unspecified atom stereocenters. The number of hydrogen-bond acceptors (Lipinski definition) is 10. The van der Waals surface area contributed by atoms with Crippen molar-refractivity contribution in [3.05, 3.63) is 41.6 Å². The molecule has 1 atom stereocenters. The minimum absolute atomic E-state index is 0.0352. The standard InChI is InChI=1S/C21H23N7O4S2/c1-2-32-18-12-22-10-15(25-18)17-11-24-19(33-17)20(29)28-9-3-4-16(28)14-7-8-23-21(26-14)27-34(30,31)13-5-6-13/h7-8,10-13,16H,2-6,9H2,1H3,(H,23,26,27)/t16-/m0/s1. The second-order valence-corrected chi connectivity index (χ2v) is 11.0. The SMILES string of the molecule is CCOc1cncc(-c2cnc(C(=O)N3CCC[C@H]3c3ccnc(NS(=O)(=O)C4CC4)n3)s2)n1. The first kappa shape index (κ1) is 22.6. The van der Waals surface area contributed by atoms with Gasteiger partial charge in [-0.05, 0) is 38.7 Å². The molecule has 0 bridgehead atoms. The van der Waals surface area contributed by atoms with E-state index in [1.165, 1.54) is 23.7 Å². The van der Waals surface area contributed by atoms with Crippen LogP contribution in [0.3, 0.4) is 0 Å². The number of hydrogen-bond donors (Lipinski definition) is 1. The molecule has 34 heavy (non-hydrogen) atoms. The Labute approximate surface area is 200 Å². The van der Waals surface area contributed by atoms with Gasteiger partial charge in [0.1, 0.15) is 5.69 Å². The highest BCUT2D eigenvalue weighted by Crippen LogP contribution is 2.35. The minimum atomic E-state index is -3.47. The van der Waals surface area contributed by atoms with Gasteiger partial charge in [-0.1, -0.05) is 0 Å². The second-order valence-electron chi connectivity index (χ2n) is 8.01. The summed E-state index contributed by atoms with van der Waals surface area (Å²) in [5.41, 5.74) is 1.19. The first-order chi connectivity index (χ1) is 16.4. The van der Waals surface area contributed by atoms with Gasteiger partial charge in [-0.15, -0.1) is 11.3 Å². The van der Waals surface area contributed by atoms with Crippen LogP contribution in [0, 0.1) is 0 Å². The van der Waals surface area contributed by atoms with Gasteiger partial charge in [0.25, 0.3) is 5.91 Å². The summed E-state index contributed by atoms with van der Waals surface area (Å²) in [5, 5.41) is -0.0310. The Kier molecular flexibility index (Phi) is 6.13. The lowest BCUT2D eigenvalue weighted by Crippen LogP contribution is -2.31. The summed E-state index contributed by atoms with van der Waals surface area (Å²) in [6, 6.07) is 1.43. The van der Waals surface area contributed by atoms with Crippen LogP contribution in [-0.4, -0.2) is 62.5 Å². The van der Waals surface area contributed by atoms with Crippen LogP contribution in [0.15, 0.2) is 30.9 Å². The van der Waals surface area contributed by atoms with E-state index in [0.717, 1.165) is 12.8 Å². The molecule has 3 aromatic rings. The normalized spacial score (nSPS) is 18.1. The van der Waals surface area contributed by atoms with E-state index >= 15 is 0 Å². The number of nitrogens with zero attached hydrogens (tertiary/aromatic N) is 6. The number of aromatic nitrogens is 5. The van der Waals surface area contributed by atoms with Crippen molar-refractivity contribution in [1.29, 1.82) is 0 Å². The molecule has 1 aliphatic heterocycles. The van der Waals surface area contributed by atoms with Crippen molar-refractivity contribution >= 4 is 33.2 Å². The van der Waals surface area contributed by atoms with E-state index in [0.29, 0.717) is 53.1 Å². The van der Waals surface area contributed by atoms with Crippen LogP contribution in [0.4, 0.5) is 5.95 Å². The van der Waals surface area contributed by atoms with Gasteiger partial charge in [0.15, 0.2) is 5.01 Å². The van der Waals surface area contributed by atoms with E-state index in [4.69, 9.17) is 4.74 Å². The lowest BCUT2D eigenvalue weighted by molar-refractivity contribution is 0.0732. The van der Waals surface area contributed by atoms with Crippen molar-refractivity contribution in [2.24, 2.45) is 0 Å². The fraction of sp³-hybridized carbons (Fsp3) is 0.429. The Balaban J connectivity index is 1.34. The third-order valence-electron chi connectivity index (χ3n) is 5.57. The zero-order valence-corrected chi connectivity index (χ0v) is 20.0. The molecule has 1 amide bonds. The number of ether oxygens (including phenoxy) is 1. The molecule has 4 heterocycles. The third kappa shape index (κ3) is 4.71. The van der Waals surface area contributed by atoms with E-state index in [-0.39, 0.29) is 23.1 Å². The highest BCUT2D eigenvalue weighted by Gasteiger charge is 2.37. The minimum Gasteiger partial charge on any atom is -0.477 e. The van der Waals surface area contributed by atoms with Gasteiger partial charge in [-0.2, -0.15) is 0 Å². The molecule has 1 N–H and O–H groups in total. The Bertz CT molecular complexity index is 1310. The van der Waals surface area contributed by atoms with Crippen LogP contribution in [0.5, 0.6) is 5.88 Å². The quantitative estimate of drug-likeness (QED) is 0.493. The average Bonchev–Trinajstić information content (AvgIpc) is 3.39. The maximum atomic E-state index is 13.3. The fourth-order valence-corrected chi connectivity index (χ4v) is 5.91. The summed E-state index contributed by atoms with van der Waals surface area (Å²) in [4.78, 5) is 37.1. The van der Waals surface area contributed by atoms with Crippen molar-refractivity contribution in [3.8, 4) is 16.5 Å². The monoisotopic (exact) mass is 501 g/mol. The summed E-state index contributed by atoms with van der Waals surface area (Å²) >= 11 is 1.24. The number of sulfonamides is 1. The maximum absolute atomic E-state index is 13.3. The van der Waals surface area contributed by atoms with Crippen molar-refractivity contribution in [2.45, 2.75) is 43.9 Å². The molecule has 1 saturated heterocycles. The summed E-state index contributed by atoms with van der Waals surface area (Å²) in [5.74, 6) is 0.247. The average molecular weight is 502 g/mol. The molecule has 1 saturated carbocycles. The number of nitrogens with one attached hydrogen (secondary N) is 1. The predicted octanol–water partition coefficient (Wildman–Crippen LogP) is 2.67. The number of carbonyl (C=O) groups excluding carboxylic acids is 1. The smallest absolute Gasteiger partial charge is 0.283 e. The van der Waals surface area contributed by atoms with Gasteiger partial charge in [0.05, 0.1) is 40.9 Å². The first-order valence-electron chi connectivity index (χ1n) is 11.0. The molecular formula is C21H23N7O4S2. The van der Waals surface area contributed by atoms with Crippen LogP contribution in [0.2, 0.25) is 0 Å². The van der Waals surface area contributed by atoms with E-state index in [2.05, 4.69) is 29.6 Å². The number of likely N-dealkylation sites (tertiary alicyclic amines) is 1. The molecule has 0 spiro atoms. The molecule has 0 radical (unpaired) electrons. The van der Waals surface area contributed by atoms with Crippen molar-refractivity contribution in [2.75, 3.05) is 17.9 Å². The van der Waals surface area contributed by atoms with E-state index in [1.54, 1.807) is 23.4 Å². The van der Waals surface area contributed by atoms with E-state index in [9.17, 15) is 13.2 Å². The lowest BCUT2D eigenvalue weighted by atomic mass is 10.1. The zero-order valence-electron chi connectivity index (χ0n) is 18.4. The molecular weight excluding hydrogens is 478 g/mol. The lowest BCUT2D eigenvalue weighted by Gasteiger charge is -2.23. The van der Waals surface area contributed by atoms with Crippen LogP contribution in [0.1, 0.15) is 54.1 Å².